The van der Waals surface area contributed by atoms with Crippen LogP contribution in [0.15, 0.2) is 29.2 Å². The average molecular weight is 474 g/mol. The van der Waals surface area contributed by atoms with Crippen molar-refractivity contribution >= 4 is 15.7 Å². The summed E-state index contributed by atoms with van der Waals surface area (Å²) in [7, 11) is -1.17. The number of likely N-dealkylation sites (tertiary alicyclic amines) is 1. The molecule has 33 heavy (non-hydrogen) atoms. The molecule has 1 aromatic carbocycles. The van der Waals surface area contributed by atoms with Gasteiger partial charge in [-0.1, -0.05) is 20.8 Å². The smallest absolute Gasteiger partial charge is 0.222 e. The van der Waals surface area contributed by atoms with Gasteiger partial charge < -0.3 is 9.64 Å². The molecule has 5 rings (SSSR count). The second-order valence-electron chi connectivity index (χ2n) is 12.1. The van der Waals surface area contributed by atoms with Crippen LogP contribution in [0.5, 0.6) is 5.75 Å². The Kier molecular flexibility index (Phi) is 5.43. The number of ether oxygens (including phenoxy) is 1. The fourth-order valence-electron chi connectivity index (χ4n) is 8.50. The fraction of sp³-hybridized carbons (Fsp3) is 0.741. The summed E-state index contributed by atoms with van der Waals surface area (Å²) >= 11 is 0. The van der Waals surface area contributed by atoms with Crippen LogP contribution in [-0.2, 0) is 14.6 Å². The van der Waals surface area contributed by atoms with Gasteiger partial charge in [-0.3, -0.25) is 4.79 Å². The molecule has 1 aromatic rings. The van der Waals surface area contributed by atoms with Crippen molar-refractivity contribution in [3.05, 3.63) is 24.3 Å². The van der Waals surface area contributed by atoms with E-state index in [0.29, 0.717) is 52.4 Å². The molecule has 1 unspecified atom stereocenters. The molecule has 6 heteroatoms. The van der Waals surface area contributed by atoms with Crippen LogP contribution in [0.3, 0.4) is 0 Å². The van der Waals surface area contributed by atoms with Crippen LogP contribution >= 0.6 is 0 Å². The van der Waals surface area contributed by atoms with Crippen molar-refractivity contribution in [1.29, 1.82) is 0 Å². The van der Waals surface area contributed by atoms with Gasteiger partial charge in [0, 0.05) is 25.8 Å². The van der Waals surface area contributed by atoms with Gasteiger partial charge in [0.1, 0.15) is 5.75 Å². The number of benzene rings is 1. The Labute approximate surface area is 199 Å². The van der Waals surface area contributed by atoms with Crippen molar-refractivity contribution in [2.24, 2.45) is 34.5 Å². The van der Waals surface area contributed by atoms with Crippen LogP contribution in [0.4, 0.5) is 0 Å². The molecule has 4 aliphatic rings. The van der Waals surface area contributed by atoms with E-state index in [2.05, 4.69) is 25.7 Å². The van der Waals surface area contributed by atoms with Crippen molar-refractivity contribution in [2.45, 2.75) is 82.8 Å². The van der Waals surface area contributed by atoms with Gasteiger partial charge >= 0.3 is 0 Å². The second-order valence-corrected chi connectivity index (χ2v) is 14.2. The second kappa shape index (κ2) is 7.73. The number of hydrogen-bond acceptors (Lipinski definition) is 4. The van der Waals surface area contributed by atoms with E-state index in [1.165, 1.54) is 19.1 Å². The third-order valence-electron chi connectivity index (χ3n) is 10.2. The summed E-state index contributed by atoms with van der Waals surface area (Å²) in [5.74, 6) is 3.70. The molecule has 1 saturated heterocycles. The molecule has 3 saturated carbocycles. The van der Waals surface area contributed by atoms with E-state index >= 15 is 0 Å². The summed E-state index contributed by atoms with van der Waals surface area (Å²) in [6.45, 7) is 7.37. The molecule has 1 aliphatic heterocycles. The standard InChI is InChI=1S/C27H39NO4S/c1-17-14-23-27(3,13-11-24(29)28(23)4)21-10-12-26(2)16-19(15-22(26)25(17)21)32-18-6-8-20(9-7-18)33(5,30)31/h6-9,17,19,21-23,25H,10-16H2,1-5H3/t17-,19-,21-,22-,23+,25?,26+,27+/m0/s1. The average Bonchev–Trinajstić information content (AvgIpc) is 3.08. The van der Waals surface area contributed by atoms with Crippen LogP contribution in [0.2, 0.25) is 0 Å². The van der Waals surface area contributed by atoms with Crippen molar-refractivity contribution in [2.75, 3.05) is 13.3 Å². The fourth-order valence-corrected chi connectivity index (χ4v) is 9.14. The number of carbonyl (C=O) groups is 1. The van der Waals surface area contributed by atoms with Crippen molar-refractivity contribution in [3.8, 4) is 5.75 Å². The zero-order valence-corrected chi connectivity index (χ0v) is 21.5. The minimum absolute atomic E-state index is 0.177. The van der Waals surface area contributed by atoms with Gasteiger partial charge in [-0.2, -0.15) is 0 Å². The number of sulfone groups is 1. The SMILES string of the molecule is C[C@H]1C[C@H]2N(C)C(=O)CC[C@]2(C)[C@H]2CC[C@]3(C)C[C@@H](Oc4ccc(S(C)(=O)=O)cc4)C[C@H]3C12. The lowest BCUT2D eigenvalue weighted by Crippen LogP contribution is -2.62. The van der Waals surface area contributed by atoms with Crippen LogP contribution in [0.25, 0.3) is 0 Å². The maximum absolute atomic E-state index is 12.5. The zero-order valence-electron chi connectivity index (χ0n) is 20.7. The third kappa shape index (κ3) is 3.71. The van der Waals surface area contributed by atoms with E-state index in [1.54, 1.807) is 24.3 Å². The maximum atomic E-state index is 12.5. The molecule has 0 N–H and O–H groups in total. The highest BCUT2D eigenvalue weighted by Crippen LogP contribution is 2.66. The van der Waals surface area contributed by atoms with E-state index in [9.17, 15) is 13.2 Å². The first-order valence-corrected chi connectivity index (χ1v) is 14.5. The third-order valence-corrected chi connectivity index (χ3v) is 11.3. The molecule has 182 valence electrons. The zero-order chi connectivity index (χ0) is 23.8. The number of rotatable bonds is 3. The molecular weight excluding hydrogens is 434 g/mol. The van der Waals surface area contributed by atoms with Crippen LogP contribution in [0, 0.1) is 34.5 Å². The summed E-state index contributed by atoms with van der Waals surface area (Å²) in [5.41, 5.74) is 0.522. The number of carbonyl (C=O) groups excluding carboxylic acids is 1. The van der Waals surface area contributed by atoms with Crippen LogP contribution in [0.1, 0.15) is 65.7 Å². The molecule has 5 nitrogen and oxygen atoms in total. The summed E-state index contributed by atoms with van der Waals surface area (Å²) in [5, 5.41) is 0. The molecule has 1 heterocycles. The van der Waals surface area contributed by atoms with E-state index in [0.717, 1.165) is 31.4 Å². The lowest BCUT2D eigenvalue weighted by molar-refractivity contribution is -0.164. The summed E-state index contributed by atoms with van der Waals surface area (Å²) < 4.78 is 30.0. The molecular formula is C27H39NO4S. The quantitative estimate of drug-likeness (QED) is 0.623. The lowest BCUT2D eigenvalue weighted by Gasteiger charge is -2.63. The Morgan fingerprint density at radius 1 is 1.06 bits per heavy atom. The van der Waals surface area contributed by atoms with E-state index in [-0.39, 0.29) is 11.5 Å². The van der Waals surface area contributed by atoms with Crippen LogP contribution < -0.4 is 4.74 Å². The van der Waals surface area contributed by atoms with Gasteiger partial charge in [-0.25, -0.2) is 8.42 Å². The molecule has 3 aliphatic carbocycles. The first kappa shape index (κ1) is 23.2. The molecule has 4 fully saturated rings. The van der Waals surface area contributed by atoms with Gasteiger partial charge in [0.05, 0.1) is 11.0 Å². The first-order valence-electron chi connectivity index (χ1n) is 12.6. The summed E-state index contributed by atoms with van der Waals surface area (Å²) in [4.78, 5) is 14.9. The van der Waals surface area contributed by atoms with Gasteiger partial charge in [-0.05, 0) is 97.3 Å². The molecule has 8 atom stereocenters. The highest BCUT2D eigenvalue weighted by molar-refractivity contribution is 7.90. The topological polar surface area (TPSA) is 63.7 Å². The predicted molar refractivity (Wildman–Crippen MR) is 129 cm³/mol. The summed E-state index contributed by atoms with van der Waals surface area (Å²) in [6, 6.07) is 7.27. The molecule has 0 aromatic heterocycles. The van der Waals surface area contributed by atoms with Gasteiger partial charge in [0.25, 0.3) is 0 Å². The minimum atomic E-state index is -3.20. The normalized spacial score (nSPS) is 42.9. The number of nitrogens with zero attached hydrogens (tertiary/aromatic N) is 1. The highest BCUT2D eigenvalue weighted by atomic mass is 32.2. The van der Waals surface area contributed by atoms with Crippen LogP contribution in [-0.4, -0.2) is 44.7 Å². The number of piperidine rings is 1. The molecule has 0 spiro atoms. The van der Waals surface area contributed by atoms with E-state index in [1.807, 2.05) is 7.05 Å². The van der Waals surface area contributed by atoms with Crippen molar-refractivity contribution < 1.29 is 17.9 Å². The van der Waals surface area contributed by atoms with Gasteiger partial charge in [0.15, 0.2) is 9.84 Å². The molecule has 0 radical (unpaired) electrons. The largest absolute Gasteiger partial charge is 0.490 e. The number of amides is 1. The Balaban J connectivity index is 1.36. The molecule has 1 amide bonds. The monoisotopic (exact) mass is 473 g/mol. The first-order chi connectivity index (χ1) is 15.4. The van der Waals surface area contributed by atoms with Crippen molar-refractivity contribution in [3.63, 3.8) is 0 Å². The van der Waals surface area contributed by atoms with Crippen molar-refractivity contribution in [1.82, 2.24) is 4.90 Å². The Morgan fingerprint density at radius 2 is 1.76 bits per heavy atom. The van der Waals surface area contributed by atoms with Gasteiger partial charge in [0.2, 0.25) is 5.91 Å². The highest BCUT2D eigenvalue weighted by Gasteiger charge is 2.62. The number of hydrogen-bond donors (Lipinski definition) is 0. The predicted octanol–water partition coefficient (Wildman–Crippen LogP) is 4.95. The minimum Gasteiger partial charge on any atom is -0.490 e. The van der Waals surface area contributed by atoms with E-state index in [4.69, 9.17) is 4.74 Å². The Bertz CT molecular complexity index is 1040. The van der Waals surface area contributed by atoms with Gasteiger partial charge in [-0.15, -0.1) is 0 Å². The Hall–Kier alpha value is -1.56. The molecule has 0 bridgehead atoms. The maximum Gasteiger partial charge on any atom is 0.222 e. The Morgan fingerprint density at radius 3 is 2.42 bits per heavy atom. The number of fused-ring (bicyclic) bond motifs is 5. The van der Waals surface area contributed by atoms with E-state index < -0.39 is 9.84 Å². The lowest BCUT2D eigenvalue weighted by atomic mass is 9.45. The summed E-state index contributed by atoms with van der Waals surface area (Å²) in [6.07, 6.45) is 8.89.